The number of H-pyrrole nitrogens is 1. The number of aromatic amines is 1. The number of guanidine groups is 1. The zero-order valence-electron chi connectivity index (χ0n) is 22.2. The molecule has 36 heavy (non-hydrogen) atoms. The van der Waals surface area contributed by atoms with Gasteiger partial charge in [-0.3, -0.25) is 9.98 Å². The Morgan fingerprint density at radius 1 is 1.11 bits per heavy atom. The predicted molar refractivity (Wildman–Crippen MR) is 149 cm³/mol. The van der Waals surface area contributed by atoms with Crippen LogP contribution in [-0.4, -0.2) is 35.1 Å². The van der Waals surface area contributed by atoms with Gasteiger partial charge in [-0.25, -0.2) is 4.79 Å². The molecular formula is C27H45N7O2. The summed E-state index contributed by atoms with van der Waals surface area (Å²) in [5, 5.41) is 6.65. The van der Waals surface area contributed by atoms with Gasteiger partial charge < -0.3 is 26.8 Å². The number of rotatable bonds is 8. The maximum atomic E-state index is 11.1. The minimum absolute atomic E-state index is 0.197. The van der Waals surface area contributed by atoms with Gasteiger partial charge >= 0.3 is 5.69 Å². The van der Waals surface area contributed by atoms with Gasteiger partial charge in [0.1, 0.15) is 0 Å². The van der Waals surface area contributed by atoms with Crippen LogP contribution in [0.3, 0.4) is 0 Å². The standard InChI is InChI=1S/C11H9N3O2.C10H22N4.C6H14/c1-6-2-3-8-7(4-6)13-10-9(16-8)5-12-11(15)14-10;11-10(12)14-8-4-7-13-9-5-2-1-3-6-9;1-3-5-6-4-2/h2-5H,1H3,(H2,12,13,14,15);9,13H,1-8H2,(H4,11,12,14);3-6H2,1-2H3. The molecule has 2 heterocycles. The minimum Gasteiger partial charge on any atom is -0.450 e. The highest BCUT2D eigenvalue weighted by atomic mass is 16.5. The second kappa shape index (κ2) is 16.6. The number of benzene rings is 1. The second-order valence-electron chi connectivity index (χ2n) is 9.31. The lowest BCUT2D eigenvalue weighted by Gasteiger charge is -2.22. The molecule has 1 aliphatic heterocycles. The van der Waals surface area contributed by atoms with Gasteiger partial charge in [0.15, 0.2) is 23.3 Å². The molecule has 1 aromatic carbocycles. The number of aromatic nitrogens is 2. The van der Waals surface area contributed by atoms with Crippen LogP contribution in [0.1, 0.15) is 83.6 Å². The number of ether oxygens (including phenoxy) is 1. The number of aliphatic imine (C=N–C) groups is 1. The number of hydrogen-bond acceptors (Lipinski definition) is 6. The highest BCUT2D eigenvalue weighted by Crippen LogP contribution is 2.39. The molecule has 2 aromatic rings. The number of nitrogens with one attached hydrogen (secondary N) is 3. The Hall–Kier alpha value is -3.07. The van der Waals surface area contributed by atoms with Gasteiger partial charge in [-0.1, -0.05) is 64.9 Å². The monoisotopic (exact) mass is 499 g/mol. The van der Waals surface area contributed by atoms with Crippen molar-refractivity contribution in [2.45, 2.75) is 91.0 Å². The number of unbranched alkanes of at least 4 members (excludes halogenated alkanes) is 3. The highest BCUT2D eigenvalue weighted by molar-refractivity contribution is 5.75. The molecule has 0 saturated heterocycles. The van der Waals surface area contributed by atoms with Gasteiger partial charge in [-0.15, -0.1) is 0 Å². The fraction of sp³-hybridized carbons (Fsp3) is 0.593. The molecule has 0 amide bonds. The predicted octanol–water partition coefficient (Wildman–Crippen LogP) is 5.09. The van der Waals surface area contributed by atoms with Crippen LogP contribution in [0.5, 0.6) is 11.5 Å². The lowest BCUT2D eigenvalue weighted by atomic mass is 9.95. The van der Waals surface area contributed by atoms with Crippen LogP contribution >= 0.6 is 0 Å². The number of nitrogens with two attached hydrogens (primary N) is 2. The Kier molecular flexibility index (Phi) is 13.4. The molecule has 7 N–H and O–H groups in total. The van der Waals surface area contributed by atoms with Gasteiger partial charge in [0.05, 0.1) is 11.9 Å². The van der Waals surface area contributed by atoms with Crippen LogP contribution in [0.15, 0.2) is 34.2 Å². The zero-order valence-corrected chi connectivity index (χ0v) is 22.2. The Labute approximate surface area is 215 Å². The van der Waals surface area contributed by atoms with E-state index < -0.39 is 5.69 Å². The summed E-state index contributed by atoms with van der Waals surface area (Å²) in [7, 11) is 0. The molecular weight excluding hydrogens is 454 g/mol. The number of anilines is 2. The van der Waals surface area contributed by atoms with Crippen LogP contribution in [0.2, 0.25) is 0 Å². The van der Waals surface area contributed by atoms with Crippen molar-refractivity contribution in [3.63, 3.8) is 0 Å². The van der Waals surface area contributed by atoms with E-state index in [1.807, 2.05) is 25.1 Å². The normalized spacial score (nSPS) is 13.9. The van der Waals surface area contributed by atoms with E-state index in [0.29, 0.717) is 11.6 Å². The smallest absolute Gasteiger partial charge is 0.346 e. The van der Waals surface area contributed by atoms with Gasteiger partial charge in [-0.05, 0) is 50.4 Å². The van der Waals surface area contributed by atoms with E-state index in [2.05, 4.69) is 39.4 Å². The van der Waals surface area contributed by atoms with E-state index in [1.165, 1.54) is 64.0 Å². The SMILES string of the molecule is CCCCCC.Cc1ccc2c(c1)Nc1[nH]c(=O)ncc1O2.NC(N)=NCCCNC1CCCCC1. The van der Waals surface area contributed by atoms with Crippen molar-refractivity contribution in [3.8, 4) is 11.5 Å². The van der Waals surface area contributed by atoms with Crippen LogP contribution in [0, 0.1) is 6.92 Å². The molecule has 1 aliphatic carbocycles. The van der Waals surface area contributed by atoms with Gasteiger partial charge in [0.25, 0.3) is 0 Å². The molecule has 0 radical (unpaired) electrons. The summed E-state index contributed by atoms with van der Waals surface area (Å²) in [6.45, 7) is 8.22. The van der Waals surface area contributed by atoms with E-state index in [1.54, 1.807) is 0 Å². The van der Waals surface area contributed by atoms with Gasteiger partial charge in [0, 0.05) is 12.6 Å². The van der Waals surface area contributed by atoms with Crippen molar-refractivity contribution < 1.29 is 4.74 Å². The average molecular weight is 500 g/mol. The molecule has 0 unspecified atom stereocenters. The van der Waals surface area contributed by atoms with Crippen LogP contribution in [-0.2, 0) is 0 Å². The van der Waals surface area contributed by atoms with E-state index >= 15 is 0 Å². The molecule has 4 rings (SSSR count). The maximum Gasteiger partial charge on any atom is 0.346 e. The summed E-state index contributed by atoms with van der Waals surface area (Å²) in [6.07, 6.45) is 14.8. The molecule has 200 valence electrons. The first-order valence-electron chi connectivity index (χ1n) is 13.4. The van der Waals surface area contributed by atoms with Crippen molar-refractivity contribution in [1.29, 1.82) is 0 Å². The molecule has 1 saturated carbocycles. The molecule has 9 nitrogen and oxygen atoms in total. The molecule has 0 atom stereocenters. The summed E-state index contributed by atoms with van der Waals surface area (Å²) < 4.78 is 5.59. The van der Waals surface area contributed by atoms with E-state index in [0.717, 1.165) is 42.6 Å². The first-order chi connectivity index (χ1) is 17.4. The topological polar surface area (TPSA) is 143 Å². The first kappa shape index (κ1) is 29.2. The second-order valence-corrected chi connectivity index (χ2v) is 9.31. The number of fused-ring (bicyclic) bond motifs is 2. The summed E-state index contributed by atoms with van der Waals surface area (Å²) >= 11 is 0. The van der Waals surface area contributed by atoms with Gasteiger partial charge in [0.2, 0.25) is 0 Å². The fourth-order valence-corrected chi connectivity index (χ4v) is 4.04. The van der Waals surface area contributed by atoms with Crippen LogP contribution < -0.4 is 32.5 Å². The molecule has 9 heteroatoms. The third-order valence-electron chi connectivity index (χ3n) is 6.02. The lowest BCUT2D eigenvalue weighted by Crippen LogP contribution is -2.32. The Bertz CT molecular complexity index is 976. The molecule has 1 aromatic heterocycles. The number of hydrogen-bond donors (Lipinski definition) is 5. The molecule has 0 spiro atoms. The van der Waals surface area contributed by atoms with Crippen molar-refractivity contribution >= 4 is 17.5 Å². The maximum absolute atomic E-state index is 11.1. The summed E-state index contributed by atoms with van der Waals surface area (Å²) in [4.78, 5) is 21.2. The van der Waals surface area contributed by atoms with E-state index in [4.69, 9.17) is 16.2 Å². The minimum atomic E-state index is -0.397. The quantitative estimate of drug-likeness (QED) is 0.165. The molecule has 1 fully saturated rings. The third kappa shape index (κ3) is 11.1. The number of aryl methyl sites for hydroxylation is 1. The average Bonchev–Trinajstić information content (AvgIpc) is 2.87. The van der Waals surface area contributed by atoms with Crippen molar-refractivity contribution in [3.05, 3.63) is 40.4 Å². The van der Waals surface area contributed by atoms with Crippen molar-refractivity contribution in [2.75, 3.05) is 18.4 Å². The van der Waals surface area contributed by atoms with E-state index in [-0.39, 0.29) is 5.96 Å². The van der Waals surface area contributed by atoms with Crippen LogP contribution in [0.4, 0.5) is 11.5 Å². The summed E-state index contributed by atoms with van der Waals surface area (Å²) in [5.41, 5.74) is 12.0. The molecule has 0 bridgehead atoms. The Morgan fingerprint density at radius 2 is 1.83 bits per heavy atom. The first-order valence-corrected chi connectivity index (χ1v) is 13.4. The Morgan fingerprint density at radius 3 is 2.50 bits per heavy atom. The highest BCUT2D eigenvalue weighted by Gasteiger charge is 2.17. The van der Waals surface area contributed by atoms with Gasteiger partial charge in [-0.2, -0.15) is 4.98 Å². The number of nitrogens with zero attached hydrogens (tertiary/aromatic N) is 2. The summed E-state index contributed by atoms with van der Waals surface area (Å²) in [5.74, 6) is 1.99. The zero-order chi connectivity index (χ0) is 26.2. The van der Waals surface area contributed by atoms with Crippen LogP contribution in [0.25, 0.3) is 0 Å². The lowest BCUT2D eigenvalue weighted by molar-refractivity contribution is 0.373. The Balaban J connectivity index is 0.000000210. The fourth-order valence-electron chi connectivity index (χ4n) is 4.04. The van der Waals surface area contributed by atoms with Crippen molar-refractivity contribution in [2.24, 2.45) is 16.5 Å². The molecule has 2 aliphatic rings. The van der Waals surface area contributed by atoms with E-state index in [9.17, 15) is 4.79 Å². The third-order valence-corrected chi connectivity index (χ3v) is 6.02. The largest absolute Gasteiger partial charge is 0.450 e. The summed E-state index contributed by atoms with van der Waals surface area (Å²) in [6, 6.07) is 6.54. The van der Waals surface area contributed by atoms with Crippen molar-refractivity contribution in [1.82, 2.24) is 15.3 Å².